The van der Waals surface area contributed by atoms with E-state index >= 15 is 0 Å². The molecule has 5 heteroatoms. The molecular weight excluding hydrogens is 232 g/mol. The third kappa shape index (κ3) is 3.32. The molecule has 0 aromatic carbocycles. The van der Waals surface area contributed by atoms with Crippen molar-refractivity contribution in [2.75, 3.05) is 13.1 Å². The molecule has 0 saturated carbocycles. The van der Waals surface area contributed by atoms with Crippen LogP contribution in [0.5, 0.6) is 0 Å². The summed E-state index contributed by atoms with van der Waals surface area (Å²) in [5.41, 5.74) is 0.744. The van der Waals surface area contributed by atoms with Crippen molar-refractivity contribution in [2.45, 2.75) is 45.1 Å². The first-order chi connectivity index (χ1) is 8.69. The third-order valence-electron chi connectivity index (χ3n) is 3.51. The molecule has 0 spiro atoms. The van der Waals surface area contributed by atoms with E-state index in [0.29, 0.717) is 12.5 Å². The van der Waals surface area contributed by atoms with Crippen LogP contribution in [-0.2, 0) is 17.6 Å². The van der Waals surface area contributed by atoms with E-state index in [1.54, 1.807) is 6.26 Å². The number of aliphatic carboxylic acids is 1. The Hall–Kier alpha value is -1.36. The van der Waals surface area contributed by atoms with Gasteiger partial charge in [-0.1, -0.05) is 6.92 Å². The molecule has 1 saturated heterocycles. The number of hydrogen-bond donors (Lipinski definition) is 1. The molecule has 2 rings (SSSR count). The fraction of sp³-hybridized carbons (Fsp3) is 0.692. The topological polar surface area (TPSA) is 66.6 Å². The van der Waals surface area contributed by atoms with E-state index in [1.165, 1.54) is 12.8 Å². The standard InChI is InChI=1S/C13H20N2O3/c1-2-15-7-3-4-11(15)8-12-14-10(9-18-12)5-6-13(16)17/h9,11H,2-8H2,1H3,(H,16,17). The number of aromatic nitrogens is 1. The van der Waals surface area contributed by atoms with Crippen LogP contribution >= 0.6 is 0 Å². The Kier molecular flexibility index (Phi) is 4.36. The lowest BCUT2D eigenvalue weighted by Crippen LogP contribution is -2.30. The highest BCUT2D eigenvalue weighted by molar-refractivity contribution is 5.66. The lowest BCUT2D eigenvalue weighted by Gasteiger charge is -2.20. The number of aryl methyl sites for hydroxylation is 1. The van der Waals surface area contributed by atoms with Crippen molar-refractivity contribution >= 4 is 5.97 Å². The Balaban J connectivity index is 1.88. The van der Waals surface area contributed by atoms with Crippen LogP contribution in [0.3, 0.4) is 0 Å². The van der Waals surface area contributed by atoms with Gasteiger partial charge in [-0.15, -0.1) is 0 Å². The van der Waals surface area contributed by atoms with Crippen molar-refractivity contribution < 1.29 is 14.3 Å². The average Bonchev–Trinajstić information content (AvgIpc) is 2.96. The molecule has 18 heavy (non-hydrogen) atoms. The summed E-state index contributed by atoms with van der Waals surface area (Å²) in [6.45, 7) is 4.40. The van der Waals surface area contributed by atoms with E-state index in [0.717, 1.165) is 31.1 Å². The molecule has 1 aromatic rings. The summed E-state index contributed by atoms with van der Waals surface area (Å²) in [4.78, 5) is 17.3. The summed E-state index contributed by atoms with van der Waals surface area (Å²) in [5.74, 6) is -0.0618. The van der Waals surface area contributed by atoms with Crippen molar-refractivity contribution in [1.82, 2.24) is 9.88 Å². The number of rotatable bonds is 6. The number of hydrogen-bond acceptors (Lipinski definition) is 4. The van der Waals surface area contributed by atoms with E-state index < -0.39 is 5.97 Å². The maximum absolute atomic E-state index is 10.5. The second kappa shape index (κ2) is 6.00. The van der Waals surface area contributed by atoms with Gasteiger partial charge >= 0.3 is 5.97 Å². The first-order valence-electron chi connectivity index (χ1n) is 6.58. The molecule has 0 aliphatic carbocycles. The largest absolute Gasteiger partial charge is 0.481 e. The molecule has 5 nitrogen and oxygen atoms in total. The molecule has 1 unspecified atom stereocenters. The fourth-order valence-electron chi connectivity index (χ4n) is 2.54. The zero-order chi connectivity index (χ0) is 13.0. The second-order valence-electron chi connectivity index (χ2n) is 4.76. The minimum absolute atomic E-state index is 0.108. The lowest BCUT2D eigenvalue weighted by molar-refractivity contribution is -0.136. The number of oxazole rings is 1. The molecule has 1 aliphatic rings. The van der Waals surface area contributed by atoms with Crippen LogP contribution in [0.25, 0.3) is 0 Å². The van der Waals surface area contributed by atoms with Crippen LogP contribution in [0.15, 0.2) is 10.7 Å². The number of carboxylic acid groups (broad SMARTS) is 1. The molecule has 1 N–H and O–H groups in total. The number of nitrogens with zero attached hydrogens (tertiary/aromatic N) is 2. The van der Waals surface area contributed by atoms with Crippen molar-refractivity contribution in [3.05, 3.63) is 17.8 Å². The van der Waals surface area contributed by atoms with E-state index in [4.69, 9.17) is 9.52 Å². The van der Waals surface area contributed by atoms with E-state index in [-0.39, 0.29) is 6.42 Å². The van der Waals surface area contributed by atoms with Crippen molar-refractivity contribution in [3.63, 3.8) is 0 Å². The normalized spacial score (nSPS) is 20.4. The van der Waals surface area contributed by atoms with Gasteiger partial charge in [0.2, 0.25) is 0 Å². The van der Waals surface area contributed by atoms with Gasteiger partial charge in [-0.3, -0.25) is 4.79 Å². The molecule has 1 atom stereocenters. The van der Waals surface area contributed by atoms with Gasteiger partial charge in [-0.25, -0.2) is 4.98 Å². The molecule has 0 bridgehead atoms. The smallest absolute Gasteiger partial charge is 0.303 e. The Labute approximate surface area is 107 Å². The molecule has 100 valence electrons. The lowest BCUT2D eigenvalue weighted by atomic mass is 10.1. The van der Waals surface area contributed by atoms with Gasteiger partial charge < -0.3 is 14.4 Å². The van der Waals surface area contributed by atoms with Crippen molar-refractivity contribution in [3.8, 4) is 0 Å². The number of likely N-dealkylation sites (N-methyl/N-ethyl adjacent to an activating group) is 1. The monoisotopic (exact) mass is 252 g/mol. The highest BCUT2D eigenvalue weighted by Crippen LogP contribution is 2.20. The van der Waals surface area contributed by atoms with Gasteiger partial charge in [-0.05, 0) is 25.9 Å². The Morgan fingerprint density at radius 2 is 2.50 bits per heavy atom. The van der Waals surface area contributed by atoms with Crippen LogP contribution in [0.1, 0.15) is 37.8 Å². The van der Waals surface area contributed by atoms with Crippen LogP contribution in [-0.4, -0.2) is 40.1 Å². The van der Waals surface area contributed by atoms with Crippen LogP contribution in [0.4, 0.5) is 0 Å². The summed E-state index contributed by atoms with van der Waals surface area (Å²) in [7, 11) is 0. The third-order valence-corrected chi connectivity index (χ3v) is 3.51. The van der Waals surface area contributed by atoms with Gasteiger partial charge in [0.15, 0.2) is 5.89 Å². The number of carbonyl (C=O) groups is 1. The molecule has 0 amide bonds. The zero-order valence-electron chi connectivity index (χ0n) is 10.8. The maximum atomic E-state index is 10.5. The van der Waals surface area contributed by atoms with E-state index in [9.17, 15) is 4.79 Å². The summed E-state index contributed by atoms with van der Waals surface area (Å²) in [6, 6.07) is 0.529. The fourth-order valence-corrected chi connectivity index (χ4v) is 2.54. The zero-order valence-corrected chi connectivity index (χ0v) is 10.8. The number of carboxylic acids is 1. The predicted molar refractivity (Wildman–Crippen MR) is 66.4 cm³/mol. The van der Waals surface area contributed by atoms with Gasteiger partial charge in [-0.2, -0.15) is 0 Å². The highest BCUT2D eigenvalue weighted by Gasteiger charge is 2.24. The van der Waals surface area contributed by atoms with Crippen molar-refractivity contribution in [1.29, 1.82) is 0 Å². The molecule has 1 aliphatic heterocycles. The SMILES string of the molecule is CCN1CCCC1Cc1nc(CCC(=O)O)co1. The first-order valence-corrected chi connectivity index (χ1v) is 6.58. The Bertz CT molecular complexity index is 403. The maximum Gasteiger partial charge on any atom is 0.303 e. The molecule has 2 heterocycles. The first kappa shape index (κ1) is 13.1. The summed E-state index contributed by atoms with van der Waals surface area (Å²) in [6.07, 6.45) is 5.41. The molecule has 1 fully saturated rings. The minimum Gasteiger partial charge on any atom is -0.481 e. The van der Waals surface area contributed by atoms with Gasteiger partial charge in [0, 0.05) is 18.9 Å². The van der Waals surface area contributed by atoms with Crippen molar-refractivity contribution in [2.24, 2.45) is 0 Å². The quantitative estimate of drug-likeness (QED) is 0.835. The summed E-state index contributed by atoms with van der Waals surface area (Å²) >= 11 is 0. The van der Waals surface area contributed by atoms with Crippen LogP contribution in [0, 0.1) is 0 Å². The Morgan fingerprint density at radius 3 is 3.22 bits per heavy atom. The van der Waals surface area contributed by atoms with Gasteiger partial charge in [0.25, 0.3) is 0 Å². The molecular formula is C13H20N2O3. The van der Waals surface area contributed by atoms with Crippen LogP contribution < -0.4 is 0 Å². The second-order valence-corrected chi connectivity index (χ2v) is 4.76. The van der Waals surface area contributed by atoms with E-state index in [1.807, 2.05) is 0 Å². The Morgan fingerprint density at radius 1 is 1.67 bits per heavy atom. The molecule has 0 radical (unpaired) electrons. The number of likely N-dealkylation sites (tertiary alicyclic amines) is 1. The molecule has 1 aromatic heterocycles. The minimum atomic E-state index is -0.799. The van der Waals surface area contributed by atoms with E-state index in [2.05, 4.69) is 16.8 Å². The van der Waals surface area contributed by atoms with Gasteiger partial charge in [0.05, 0.1) is 12.1 Å². The van der Waals surface area contributed by atoms with Gasteiger partial charge in [0.1, 0.15) is 6.26 Å². The highest BCUT2D eigenvalue weighted by atomic mass is 16.4. The summed E-state index contributed by atoms with van der Waals surface area (Å²) in [5, 5.41) is 8.61. The predicted octanol–water partition coefficient (Wildman–Crippen LogP) is 1.72. The van der Waals surface area contributed by atoms with Crippen LogP contribution in [0.2, 0.25) is 0 Å². The average molecular weight is 252 g/mol. The summed E-state index contributed by atoms with van der Waals surface area (Å²) < 4.78 is 5.42.